The first-order valence-electron chi connectivity index (χ1n) is 8.36. The maximum Gasteiger partial charge on any atom is 0.328 e. The van der Waals surface area contributed by atoms with Crippen LogP contribution in [0.3, 0.4) is 0 Å². The number of aliphatic hydroxyl groups is 2. The predicted octanol–water partition coefficient (Wildman–Crippen LogP) is -3.37. The maximum atomic E-state index is 12.1. The van der Waals surface area contributed by atoms with Crippen molar-refractivity contribution >= 4 is 23.9 Å². The number of nitrogens with one attached hydrogen (secondary N) is 2. The van der Waals surface area contributed by atoms with Crippen molar-refractivity contribution in [3.63, 3.8) is 0 Å². The molecule has 2 unspecified atom stereocenters. The number of urea groups is 1. The highest BCUT2D eigenvalue weighted by Gasteiger charge is 2.33. The molecule has 1 aromatic rings. The molecule has 0 aromatic carbocycles. The van der Waals surface area contributed by atoms with E-state index in [4.69, 9.17) is 21.1 Å². The number of carbonyl (C=O) groups excluding carboxylic acids is 2. The van der Waals surface area contributed by atoms with Gasteiger partial charge in [0.05, 0.1) is 18.6 Å². The van der Waals surface area contributed by atoms with Crippen LogP contribution >= 0.6 is 0 Å². The van der Waals surface area contributed by atoms with Crippen LogP contribution in [0.2, 0.25) is 0 Å². The minimum Gasteiger partial charge on any atom is -0.480 e. The summed E-state index contributed by atoms with van der Waals surface area (Å²) in [5, 5.41) is 36.2. The summed E-state index contributed by atoms with van der Waals surface area (Å²) in [6, 6.07) is -4.18. The van der Waals surface area contributed by atoms with Crippen LogP contribution in [-0.4, -0.2) is 80.7 Å². The van der Waals surface area contributed by atoms with E-state index in [1.807, 2.05) is 0 Å². The van der Waals surface area contributed by atoms with Crippen LogP contribution in [-0.2, 0) is 9.59 Å². The molecule has 1 saturated heterocycles. The van der Waals surface area contributed by atoms with Crippen molar-refractivity contribution in [2.24, 2.45) is 11.5 Å². The number of primary amides is 1. The van der Waals surface area contributed by atoms with Crippen molar-refractivity contribution in [1.29, 1.82) is 0 Å². The molecule has 3 amide bonds. The van der Waals surface area contributed by atoms with Gasteiger partial charge >= 0.3 is 12.0 Å². The first-order chi connectivity index (χ1) is 13.1. The average Bonchev–Trinajstić information content (AvgIpc) is 3.18. The molecule has 0 saturated carbocycles. The molecule has 14 heteroatoms. The lowest BCUT2D eigenvalue weighted by atomic mass is 10.2. The smallest absolute Gasteiger partial charge is 0.328 e. The van der Waals surface area contributed by atoms with Crippen molar-refractivity contribution in [2.75, 3.05) is 18.0 Å². The number of nitrogens with zero attached hydrogens (tertiary/aromatic N) is 3. The quantitative estimate of drug-likeness (QED) is 0.227. The predicted molar refractivity (Wildman–Crippen MR) is 91.8 cm³/mol. The molecule has 0 aliphatic carbocycles. The zero-order valence-corrected chi connectivity index (χ0v) is 15.0. The number of amides is 3. The van der Waals surface area contributed by atoms with Gasteiger partial charge in [-0.1, -0.05) is 0 Å². The van der Waals surface area contributed by atoms with Gasteiger partial charge in [0.15, 0.2) is 6.04 Å². The van der Waals surface area contributed by atoms with Gasteiger partial charge in [-0.15, -0.1) is 0 Å². The topological polar surface area (TPSA) is 230 Å². The van der Waals surface area contributed by atoms with Crippen LogP contribution in [0.25, 0.3) is 0 Å². The molecular weight excluding hydrogens is 378 g/mol. The van der Waals surface area contributed by atoms with Gasteiger partial charge in [-0.2, -0.15) is 4.98 Å². The average molecular weight is 401 g/mol. The Morgan fingerprint density at radius 2 is 2.04 bits per heavy atom. The van der Waals surface area contributed by atoms with Crippen molar-refractivity contribution in [3.05, 3.63) is 5.89 Å². The second-order valence-corrected chi connectivity index (χ2v) is 6.47. The van der Waals surface area contributed by atoms with E-state index < -0.39 is 54.7 Å². The lowest BCUT2D eigenvalue weighted by molar-refractivity contribution is -0.141. The standard InChI is InChI=1S/C14H23N7O7/c1-5(22)10(12(25)26)18-14(27)17-7(2-9(16)24)11-19-13(20-28-11)21-3-6(15)8(23)4-21/h5-8,10,22-23H,2-4,15H2,1H3,(H2,16,24)(H,25,26)(H2,17,18,27)/t5?,6-,7-,8-,10?/m0/s1. The molecule has 9 N–H and O–H groups in total. The number of carboxylic acids is 1. The first-order valence-corrected chi connectivity index (χ1v) is 8.36. The van der Waals surface area contributed by atoms with Gasteiger partial charge < -0.3 is 46.8 Å². The van der Waals surface area contributed by atoms with Gasteiger partial charge in [0.25, 0.3) is 11.8 Å². The number of hydrogen-bond donors (Lipinski definition) is 7. The summed E-state index contributed by atoms with van der Waals surface area (Å²) < 4.78 is 5.07. The van der Waals surface area contributed by atoms with Crippen molar-refractivity contribution in [2.45, 2.75) is 43.7 Å². The first kappa shape index (κ1) is 21.3. The van der Waals surface area contributed by atoms with Crippen LogP contribution in [0.5, 0.6) is 0 Å². The van der Waals surface area contributed by atoms with Gasteiger partial charge in [-0.25, -0.2) is 9.59 Å². The Labute approximate surface area is 158 Å². The molecule has 1 aliphatic rings. The lowest BCUT2D eigenvalue weighted by Crippen LogP contribution is -2.52. The zero-order valence-electron chi connectivity index (χ0n) is 15.0. The zero-order chi connectivity index (χ0) is 21.0. The third kappa shape index (κ3) is 5.28. The number of aromatic nitrogens is 2. The summed E-state index contributed by atoms with van der Waals surface area (Å²) >= 11 is 0. The van der Waals surface area contributed by atoms with Gasteiger partial charge in [-0.3, -0.25) is 4.79 Å². The summed E-state index contributed by atoms with van der Waals surface area (Å²) in [6.45, 7) is 1.66. The van der Waals surface area contributed by atoms with Crippen LogP contribution in [0.1, 0.15) is 25.3 Å². The highest BCUT2D eigenvalue weighted by Crippen LogP contribution is 2.21. The summed E-state index contributed by atoms with van der Waals surface area (Å²) in [4.78, 5) is 40.1. The van der Waals surface area contributed by atoms with Gasteiger partial charge in [0.2, 0.25) is 5.91 Å². The fourth-order valence-electron chi connectivity index (χ4n) is 2.60. The van der Waals surface area contributed by atoms with E-state index >= 15 is 0 Å². The van der Waals surface area contributed by atoms with Gasteiger partial charge in [-0.05, 0) is 12.1 Å². The molecule has 0 bridgehead atoms. The van der Waals surface area contributed by atoms with E-state index in [0.29, 0.717) is 0 Å². The van der Waals surface area contributed by atoms with Crippen molar-refractivity contribution < 1.29 is 34.2 Å². The summed E-state index contributed by atoms with van der Waals surface area (Å²) in [6.07, 6.45) is -2.52. The second kappa shape index (κ2) is 8.81. The number of anilines is 1. The van der Waals surface area contributed by atoms with Crippen LogP contribution in [0.4, 0.5) is 10.7 Å². The van der Waals surface area contributed by atoms with E-state index in [1.54, 1.807) is 4.90 Å². The molecule has 0 radical (unpaired) electrons. The monoisotopic (exact) mass is 401 g/mol. The Kier molecular flexibility index (Phi) is 6.71. The Balaban J connectivity index is 2.10. The molecular formula is C14H23N7O7. The summed E-state index contributed by atoms with van der Waals surface area (Å²) in [5.41, 5.74) is 10.9. The maximum absolute atomic E-state index is 12.1. The number of nitrogens with two attached hydrogens (primary N) is 2. The number of hydrogen-bond acceptors (Lipinski definition) is 10. The Hall–Kier alpha value is -2.97. The molecule has 28 heavy (non-hydrogen) atoms. The van der Waals surface area contributed by atoms with E-state index in [1.165, 1.54) is 6.92 Å². The molecule has 2 rings (SSSR count). The fourth-order valence-corrected chi connectivity index (χ4v) is 2.60. The van der Waals surface area contributed by atoms with Crippen LogP contribution in [0.15, 0.2) is 4.52 Å². The molecule has 5 atom stereocenters. The molecule has 156 valence electrons. The SMILES string of the molecule is CC(O)C(NC(=O)N[C@@H](CC(N)=O)c1nc(N2C[C@H](N)[C@@H](O)C2)no1)C(=O)O. The number of aliphatic carboxylic acids is 1. The van der Waals surface area contributed by atoms with Gasteiger partial charge in [0, 0.05) is 19.1 Å². The van der Waals surface area contributed by atoms with E-state index in [9.17, 15) is 24.6 Å². The minimum atomic E-state index is -1.57. The molecule has 14 nitrogen and oxygen atoms in total. The Morgan fingerprint density at radius 1 is 1.36 bits per heavy atom. The second-order valence-electron chi connectivity index (χ2n) is 6.47. The van der Waals surface area contributed by atoms with Crippen molar-refractivity contribution in [3.8, 4) is 0 Å². The normalized spacial score (nSPS) is 22.4. The third-order valence-corrected chi connectivity index (χ3v) is 4.09. The lowest BCUT2D eigenvalue weighted by Gasteiger charge is -2.19. The third-order valence-electron chi connectivity index (χ3n) is 4.09. The van der Waals surface area contributed by atoms with Crippen molar-refractivity contribution in [1.82, 2.24) is 20.8 Å². The summed E-state index contributed by atoms with van der Waals surface area (Å²) in [7, 11) is 0. The number of aliphatic hydroxyl groups excluding tert-OH is 2. The Morgan fingerprint density at radius 3 is 2.54 bits per heavy atom. The van der Waals surface area contributed by atoms with Crippen LogP contribution < -0.4 is 27.0 Å². The number of β-amino-alcohol motifs (C(OH)–C–C–N with tert-alkyl or cyclic N) is 1. The molecule has 1 aromatic heterocycles. The Bertz CT molecular complexity index is 715. The van der Waals surface area contributed by atoms with E-state index in [-0.39, 0.29) is 24.9 Å². The molecule has 2 heterocycles. The number of rotatable bonds is 8. The summed E-state index contributed by atoms with van der Waals surface area (Å²) in [5.74, 6) is -2.27. The number of carboxylic acid groups (broad SMARTS) is 1. The molecule has 1 fully saturated rings. The number of carbonyl (C=O) groups is 3. The van der Waals surface area contributed by atoms with Gasteiger partial charge in [0.1, 0.15) is 6.04 Å². The largest absolute Gasteiger partial charge is 0.480 e. The highest BCUT2D eigenvalue weighted by atomic mass is 16.5. The molecule has 0 spiro atoms. The molecule has 1 aliphatic heterocycles. The highest BCUT2D eigenvalue weighted by molar-refractivity contribution is 5.83. The minimum absolute atomic E-state index is 0.103. The van der Waals surface area contributed by atoms with E-state index in [2.05, 4.69) is 20.8 Å². The van der Waals surface area contributed by atoms with Crippen LogP contribution in [0, 0.1) is 0 Å². The van der Waals surface area contributed by atoms with E-state index in [0.717, 1.165) is 0 Å². The fraction of sp³-hybridized carbons (Fsp3) is 0.643.